The third-order valence-corrected chi connectivity index (χ3v) is 3.20. The van der Waals surface area contributed by atoms with Crippen molar-refractivity contribution in [3.05, 3.63) is 28.0 Å². The lowest BCUT2D eigenvalue weighted by atomic mass is 10.1. The zero-order chi connectivity index (χ0) is 11.9. The van der Waals surface area contributed by atoms with Crippen molar-refractivity contribution >= 4 is 33.3 Å². The van der Waals surface area contributed by atoms with Crippen molar-refractivity contribution in [2.45, 2.75) is 13.3 Å². The number of rotatable bonds is 1. The second-order valence-electron chi connectivity index (χ2n) is 3.70. The molecule has 0 aliphatic carbocycles. The third kappa shape index (κ3) is 1.75. The molecule has 84 valence electrons. The Balaban J connectivity index is 2.45. The van der Waals surface area contributed by atoms with Gasteiger partial charge in [0.05, 0.1) is 23.1 Å². The Morgan fingerprint density at radius 3 is 2.62 bits per heavy atom. The largest absolute Gasteiger partial charge is 0.304 e. The summed E-state index contributed by atoms with van der Waals surface area (Å²) < 4.78 is 14.0. The van der Waals surface area contributed by atoms with Crippen LogP contribution in [0.15, 0.2) is 16.6 Å². The highest BCUT2D eigenvalue weighted by Gasteiger charge is 2.30. The van der Waals surface area contributed by atoms with Crippen molar-refractivity contribution < 1.29 is 14.0 Å². The van der Waals surface area contributed by atoms with Gasteiger partial charge in [-0.05, 0) is 35.0 Å². The fourth-order valence-corrected chi connectivity index (χ4v) is 2.17. The molecule has 1 heterocycles. The summed E-state index contributed by atoms with van der Waals surface area (Å²) in [6.07, 6.45) is -0.0862. The monoisotopic (exact) mass is 285 g/mol. The fraction of sp³-hybridized carbons (Fsp3) is 0.273. The average Bonchev–Trinajstić information content (AvgIpc) is 2.55. The van der Waals surface area contributed by atoms with Gasteiger partial charge < -0.3 is 4.90 Å². The summed E-state index contributed by atoms with van der Waals surface area (Å²) in [6.45, 7) is 1.63. The van der Waals surface area contributed by atoms with E-state index in [9.17, 15) is 14.0 Å². The highest BCUT2D eigenvalue weighted by Crippen LogP contribution is 2.29. The molecule has 0 saturated carbocycles. The summed E-state index contributed by atoms with van der Waals surface area (Å²) in [5.74, 6) is -0.799. The molecule has 0 spiro atoms. The van der Waals surface area contributed by atoms with Crippen molar-refractivity contribution in [1.82, 2.24) is 0 Å². The van der Waals surface area contributed by atoms with Crippen molar-refractivity contribution in [2.24, 2.45) is 0 Å². The Kier molecular flexibility index (Phi) is 2.80. The Bertz CT molecular complexity index is 487. The van der Waals surface area contributed by atoms with Crippen LogP contribution >= 0.6 is 15.9 Å². The zero-order valence-corrected chi connectivity index (χ0v) is 10.2. The topological polar surface area (TPSA) is 37.4 Å². The molecule has 0 N–H and O–H groups in total. The van der Waals surface area contributed by atoms with Gasteiger partial charge in [-0.15, -0.1) is 0 Å². The van der Waals surface area contributed by atoms with Gasteiger partial charge in [-0.1, -0.05) is 0 Å². The van der Waals surface area contributed by atoms with Crippen LogP contribution < -0.4 is 4.90 Å². The molecule has 1 aliphatic heterocycles. The standard InChI is InChI=1S/C11H9BrFNO2/c1-6-9(3-2-8(12)11(6)13)14-5-7(15)4-10(14)16/h2-3H,4-5H2,1H3. The smallest absolute Gasteiger partial charge is 0.234 e. The number of carbonyl (C=O) groups is 2. The van der Waals surface area contributed by atoms with E-state index in [2.05, 4.69) is 15.9 Å². The lowest BCUT2D eigenvalue weighted by molar-refractivity contribution is -0.121. The van der Waals surface area contributed by atoms with E-state index in [0.717, 1.165) is 0 Å². The van der Waals surface area contributed by atoms with Crippen molar-refractivity contribution in [2.75, 3.05) is 11.4 Å². The van der Waals surface area contributed by atoms with E-state index in [-0.39, 0.29) is 24.7 Å². The molecule has 1 saturated heterocycles. The van der Waals surface area contributed by atoms with Gasteiger partial charge >= 0.3 is 0 Å². The lowest BCUT2D eigenvalue weighted by Crippen LogP contribution is -2.25. The highest BCUT2D eigenvalue weighted by molar-refractivity contribution is 9.10. The lowest BCUT2D eigenvalue weighted by Gasteiger charge is -2.18. The molecule has 1 aromatic carbocycles. The van der Waals surface area contributed by atoms with Gasteiger partial charge in [0.25, 0.3) is 0 Å². The van der Waals surface area contributed by atoms with E-state index >= 15 is 0 Å². The number of Topliss-reactive ketones (excluding diaryl/α,β-unsaturated/α-hetero) is 1. The van der Waals surface area contributed by atoms with Crippen LogP contribution in [0, 0.1) is 12.7 Å². The molecule has 16 heavy (non-hydrogen) atoms. The molecule has 5 heteroatoms. The van der Waals surface area contributed by atoms with Crippen LogP contribution in [0.25, 0.3) is 0 Å². The molecular formula is C11H9BrFNO2. The van der Waals surface area contributed by atoms with E-state index in [1.807, 2.05) is 0 Å². The number of amides is 1. The number of ketones is 1. The van der Waals surface area contributed by atoms with Gasteiger partial charge in [-0.25, -0.2) is 4.39 Å². The van der Waals surface area contributed by atoms with Crippen LogP contribution in [0.4, 0.5) is 10.1 Å². The molecule has 2 rings (SSSR count). The molecule has 0 bridgehead atoms. The van der Waals surface area contributed by atoms with Gasteiger partial charge in [0.15, 0.2) is 5.78 Å². The van der Waals surface area contributed by atoms with Crippen molar-refractivity contribution in [3.8, 4) is 0 Å². The Labute approximate surface area is 100 Å². The number of nitrogens with zero attached hydrogens (tertiary/aromatic N) is 1. The molecular weight excluding hydrogens is 277 g/mol. The molecule has 1 amide bonds. The molecule has 1 fully saturated rings. The summed E-state index contributed by atoms with van der Waals surface area (Å²) in [7, 11) is 0. The minimum absolute atomic E-state index is 0.0424. The first-order valence-corrected chi connectivity index (χ1v) is 5.56. The number of benzene rings is 1. The Hall–Kier alpha value is -1.23. The van der Waals surface area contributed by atoms with Crippen molar-refractivity contribution in [1.29, 1.82) is 0 Å². The Morgan fingerprint density at radius 2 is 2.06 bits per heavy atom. The molecule has 0 aromatic heterocycles. The molecule has 3 nitrogen and oxygen atoms in total. The van der Waals surface area contributed by atoms with E-state index in [4.69, 9.17) is 0 Å². The first-order chi connectivity index (χ1) is 7.50. The zero-order valence-electron chi connectivity index (χ0n) is 8.59. The maximum atomic E-state index is 13.6. The SMILES string of the molecule is Cc1c(N2CC(=O)CC2=O)ccc(Br)c1F. The molecule has 0 radical (unpaired) electrons. The Morgan fingerprint density at radius 1 is 1.38 bits per heavy atom. The third-order valence-electron chi connectivity index (χ3n) is 2.59. The summed E-state index contributed by atoms with van der Waals surface area (Å²) >= 11 is 3.07. The van der Waals surface area contributed by atoms with Crippen LogP contribution in [0.2, 0.25) is 0 Å². The van der Waals surface area contributed by atoms with Gasteiger partial charge in [-0.2, -0.15) is 0 Å². The number of hydrogen-bond acceptors (Lipinski definition) is 2. The van der Waals surface area contributed by atoms with Crippen LogP contribution in [-0.4, -0.2) is 18.2 Å². The van der Waals surface area contributed by atoms with Crippen molar-refractivity contribution in [3.63, 3.8) is 0 Å². The second-order valence-corrected chi connectivity index (χ2v) is 4.56. The number of halogens is 2. The van der Waals surface area contributed by atoms with Gasteiger partial charge in [0.1, 0.15) is 5.82 Å². The van der Waals surface area contributed by atoms with Gasteiger partial charge in [-0.3, -0.25) is 9.59 Å². The summed E-state index contributed by atoms with van der Waals surface area (Å²) in [6, 6.07) is 3.17. The van der Waals surface area contributed by atoms with Crippen LogP contribution in [0.1, 0.15) is 12.0 Å². The first kappa shape index (κ1) is 11.3. The summed E-state index contributed by atoms with van der Waals surface area (Å²) in [5.41, 5.74) is 0.842. The molecule has 0 unspecified atom stereocenters. The second kappa shape index (κ2) is 3.97. The molecule has 0 atom stereocenters. The fourth-order valence-electron chi connectivity index (χ4n) is 1.74. The molecule has 1 aliphatic rings. The van der Waals surface area contributed by atoms with E-state index in [0.29, 0.717) is 15.7 Å². The van der Waals surface area contributed by atoms with E-state index in [1.54, 1.807) is 13.0 Å². The maximum Gasteiger partial charge on any atom is 0.234 e. The highest BCUT2D eigenvalue weighted by atomic mass is 79.9. The summed E-state index contributed by atoms with van der Waals surface area (Å²) in [4.78, 5) is 24.0. The first-order valence-electron chi connectivity index (χ1n) is 4.77. The van der Waals surface area contributed by atoms with E-state index < -0.39 is 5.82 Å². The normalized spacial score (nSPS) is 16.1. The van der Waals surface area contributed by atoms with Gasteiger partial charge in [0, 0.05) is 5.56 Å². The quantitative estimate of drug-likeness (QED) is 0.742. The van der Waals surface area contributed by atoms with Crippen LogP contribution in [0.3, 0.4) is 0 Å². The van der Waals surface area contributed by atoms with Crippen LogP contribution in [0.5, 0.6) is 0 Å². The maximum absolute atomic E-state index is 13.6. The predicted octanol–water partition coefficient (Wildman–Crippen LogP) is 2.20. The predicted molar refractivity (Wildman–Crippen MR) is 60.8 cm³/mol. The minimum atomic E-state index is -0.398. The number of hydrogen-bond donors (Lipinski definition) is 0. The minimum Gasteiger partial charge on any atom is -0.304 e. The summed E-state index contributed by atoms with van der Waals surface area (Å²) in [5, 5.41) is 0. The average molecular weight is 286 g/mol. The van der Waals surface area contributed by atoms with Gasteiger partial charge in [0.2, 0.25) is 5.91 Å². The van der Waals surface area contributed by atoms with Crippen LogP contribution in [-0.2, 0) is 9.59 Å². The number of carbonyl (C=O) groups excluding carboxylic acids is 2. The molecule has 1 aromatic rings. The number of anilines is 1. The van der Waals surface area contributed by atoms with E-state index in [1.165, 1.54) is 11.0 Å².